The Hall–Kier alpha value is -2.24. The summed E-state index contributed by atoms with van der Waals surface area (Å²) in [5, 5.41) is 14.7. The molecule has 1 aromatic rings. The number of alkyl carbamates (subject to hydrolysis) is 1. The molecular formula is C15H22N2O4. The summed E-state index contributed by atoms with van der Waals surface area (Å²) in [6.07, 6.45) is -0.668. The van der Waals surface area contributed by atoms with Crippen LogP contribution < -0.4 is 10.6 Å². The van der Waals surface area contributed by atoms with Crippen LogP contribution in [0.1, 0.15) is 33.3 Å². The molecule has 1 atom stereocenters. The number of benzene rings is 1. The van der Waals surface area contributed by atoms with Crippen molar-refractivity contribution in [2.24, 2.45) is 0 Å². The number of ether oxygens (including phenoxy) is 1. The maximum atomic E-state index is 12.0. The van der Waals surface area contributed by atoms with Gasteiger partial charge in [0.2, 0.25) is 5.91 Å². The van der Waals surface area contributed by atoms with Crippen LogP contribution in [0.25, 0.3) is 0 Å². The van der Waals surface area contributed by atoms with Crippen LogP contribution in [0.2, 0.25) is 0 Å². The van der Waals surface area contributed by atoms with Crippen molar-refractivity contribution >= 4 is 17.7 Å². The Bertz CT molecular complexity index is 535. The van der Waals surface area contributed by atoms with Crippen LogP contribution in [0.3, 0.4) is 0 Å². The maximum Gasteiger partial charge on any atom is 0.408 e. The fourth-order valence-electron chi connectivity index (χ4n) is 1.54. The van der Waals surface area contributed by atoms with Crippen molar-refractivity contribution in [3.63, 3.8) is 0 Å². The molecule has 0 saturated heterocycles. The number of rotatable bonds is 3. The molecule has 0 heterocycles. The molecule has 0 aliphatic rings. The molecule has 0 bridgehead atoms. The Balaban J connectivity index is 2.63. The van der Waals surface area contributed by atoms with E-state index in [9.17, 15) is 14.7 Å². The number of nitrogens with one attached hydrogen (secondary N) is 2. The second-order valence-electron chi connectivity index (χ2n) is 5.88. The third kappa shape index (κ3) is 5.72. The number of hydrogen-bond acceptors (Lipinski definition) is 4. The van der Waals surface area contributed by atoms with Gasteiger partial charge in [0.1, 0.15) is 17.4 Å². The van der Waals surface area contributed by atoms with Gasteiger partial charge in [0.15, 0.2) is 0 Å². The molecule has 0 saturated carbocycles. The molecule has 1 rings (SSSR count). The monoisotopic (exact) mass is 294 g/mol. The van der Waals surface area contributed by atoms with Gasteiger partial charge >= 0.3 is 6.09 Å². The van der Waals surface area contributed by atoms with Gasteiger partial charge in [-0.3, -0.25) is 4.79 Å². The van der Waals surface area contributed by atoms with Gasteiger partial charge in [-0.15, -0.1) is 0 Å². The lowest BCUT2D eigenvalue weighted by molar-refractivity contribution is -0.117. The van der Waals surface area contributed by atoms with E-state index in [0.29, 0.717) is 5.69 Å². The first-order chi connectivity index (χ1) is 9.58. The van der Waals surface area contributed by atoms with E-state index in [1.165, 1.54) is 13.0 Å². The highest BCUT2D eigenvalue weighted by atomic mass is 16.6. The van der Waals surface area contributed by atoms with Gasteiger partial charge in [-0.05, 0) is 52.3 Å². The SMILES string of the molecule is Cc1ccc(O)c(NC(=O)C(C)NC(=O)OC(C)(C)C)c1. The first kappa shape index (κ1) is 16.8. The van der Waals surface area contributed by atoms with E-state index in [2.05, 4.69) is 10.6 Å². The van der Waals surface area contributed by atoms with Gasteiger partial charge in [-0.2, -0.15) is 0 Å². The van der Waals surface area contributed by atoms with Crippen molar-refractivity contribution in [1.29, 1.82) is 0 Å². The van der Waals surface area contributed by atoms with Crippen molar-refractivity contribution < 1.29 is 19.4 Å². The first-order valence-corrected chi connectivity index (χ1v) is 6.68. The number of carbonyl (C=O) groups excluding carboxylic acids is 2. The van der Waals surface area contributed by atoms with Crippen molar-refractivity contribution in [3.8, 4) is 5.75 Å². The number of phenolic OH excluding ortho intramolecular Hbond substituents is 1. The number of anilines is 1. The largest absolute Gasteiger partial charge is 0.506 e. The van der Waals surface area contributed by atoms with E-state index >= 15 is 0 Å². The second-order valence-corrected chi connectivity index (χ2v) is 5.88. The van der Waals surface area contributed by atoms with Crippen molar-refractivity contribution in [3.05, 3.63) is 23.8 Å². The average Bonchev–Trinajstić information content (AvgIpc) is 2.31. The van der Waals surface area contributed by atoms with Crippen molar-refractivity contribution in [2.45, 2.75) is 46.3 Å². The van der Waals surface area contributed by atoms with Crippen molar-refractivity contribution in [1.82, 2.24) is 5.32 Å². The summed E-state index contributed by atoms with van der Waals surface area (Å²) in [5.41, 5.74) is 0.573. The molecule has 0 radical (unpaired) electrons. The number of amides is 2. The Kier molecular flexibility index (Phi) is 5.18. The number of phenols is 1. The zero-order chi connectivity index (χ0) is 16.2. The van der Waals surface area contributed by atoms with Crippen LogP contribution in [0.15, 0.2) is 18.2 Å². The Morgan fingerprint density at radius 2 is 1.90 bits per heavy atom. The molecule has 0 spiro atoms. The Morgan fingerprint density at radius 1 is 1.29 bits per heavy atom. The van der Waals surface area contributed by atoms with Crippen LogP contribution >= 0.6 is 0 Å². The summed E-state index contributed by atoms with van der Waals surface area (Å²) in [6, 6.07) is 4.08. The highest BCUT2D eigenvalue weighted by Gasteiger charge is 2.21. The average molecular weight is 294 g/mol. The molecule has 2 amide bonds. The van der Waals surface area contributed by atoms with Crippen LogP contribution in [0.5, 0.6) is 5.75 Å². The van der Waals surface area contributed by atoms with E-state index in [-0.39, 0.29) is 5.75 Å². The second kappa shape index (κ2) is 6.47. The van der Waals surface area contributed by atoms with E-state index in [4.69, 9.17) is 4.74 Å². The molecule has 6 nitrogen and oxygen atoms in total. The van der Waals surface area contributed by atoms with E-state index in [0.717, 1.165) is 5.56 Å². The lowest BCUT2D eigenvalue weighted by Crippen LogP contribution is -2.43. The summed E-state index contributed by atoms with van der Waals surface area (Å²) in [6.45, 7) is 8.59. The molecule has 116 valence electrons. The number of aromatic hydroxyl groups is 1. The van der Waals surface area contributed by atoms with Gasteiger partial charge in [-0.1, -0.05) is 6.07 Å². The summed E-state index contributed by atoms with van der Waals surface area (Å²) < 4.78 is 5.07. The molecule has 21 heavy (non-hydrogen) atoms. The standard InChI is InChI=1S/C15H22N2O4/c1-9-6-7-12(18)11(8-9)17-13(19)10(2)16-14(20)21-15(3,4)5/h6-8,10,18H,1-5H3,(H,16,20)(H,17,19). The smallest absolute Gasteiger partial charge is 0.408 e. The predicted molar refractivity (Wildman–Crippen MR) is 80.3 cm³/mol. The molecule has 0 aliphatic carbocycles. The highest BCUT2D eigenvalue weighted by Crippen LogP contribution is 2.23. The quantitative estimate of drug-likeness (QED) is 0.748. The highest BCUT2D eigenvalue weighted by molar-refractivity contribution is 5.97. The number of hydrogen-bond donors (Lipinski definition) is 3. The number of carbonyl (C=O) groups is 2. The topological polar surface area (TPSA) is 87.7 Å². The molecule has 6 heteroatoms. The zero-order valence-electron chi connectivity index (χ0n) is 13.0. The summed E-state index contributed by atoms with van der Waals surface area (Å²) in [5.74, 6) is -0.472. The molecule has 1 aromatic carbocycles. The van der Waals surface area contributed by atoms with Gasteiger partial charge in [0.25, 0.3) is 0 Å². The lowest BCUT2D eigenvalue weighted by atomic mass is 10.2. The minimum Gasteiger partial charge on any atom is -0.506 e. The first-order valence-electron chi connectivity index (χ1n) is 6.68. The summed E-state index contributed by atoms with van der Waals surface area (Å²) in [4.78, 5) is 23.6. The fraction of sp³-hybridized carbons (Fsp3) is 0.467. The minimum atomic E-state index is -0.792. The number of aryl methyl sites for hydroxylation is 1. The lowest BCUT2D eigenvalue weighted by Gasteiger charge is -2.21. The van der Waals surface area contributed by atoms with Crippen LogP contribution in [-0.4, -0.2) is 28.7 Å². The summed E-state index contributed by atoms with van der Waals surface area (Å²) >= 11 is 0. The maximum absolute atomic E-state index is 12.0. The fourth-order valence-corrected chi connectivity index (χ4v) is 1.54. The van der Waals surface area contributed by atoms with Crippen molar-refractivity contribution in [2.75, 3.05) is 5.32 Å². The Morgan fingerprint density at radius 3 is 2.48 bits per heavy atom. The molecule has 0 fully saturated rings. The third-order valence-electron chi connectivity index (χ3n) is 2.54. The van der Waals surface area contributed by atoms with Crippen LogP contribution in [0, 0.1) is 6.92 Å². The molecular weight excluding hydrogens is 272 g/mol. The zero-order valence-corrected chi connectivity index (χ0v) is 13.0. The van der Waals surface area contributed by atoms with Crippen LogP contribution in [-0.2, 0) is 9.53 Å². The van der Waals surface area contributed by atoms with Gasteiger partial charge in [-0.25, -0.2) is 4.79 Å². The van der Waals surface area contributed by atoms with Crippen LogP contribution in [0.4, 0.5) is 10.5 Å². The van der Waals surface area contributed by atoms with E-state index in [1.807, 2.05) is 6.92 Å². The van der Waals surface area contributed by atoms with Gasteiger partial charge in [0.05, 0.1) is 5.69 Å². The molecule has 0 aromatic heterocycles. The van der Waals surface area contributed by atoms with Gasteiger partial charge in [0, 0.05) is 0 Å². The minimum absolute atomic E-state index is 0.0292. The molecule has 3 N–H and O–H groups in total. The van der Waals surface area contributed by atoms with Gasteiger partial charge < -0.3 is 20.5 Å². The van der Waals surface area contributed by atoms with E-state index in [1.54, 1.807) is 32.9 Å². The normalized spacial score (nSPS) is 12.4. The predicted octanol–water partition coefficient (Wildman–Crippen LogP) is 2.55. The summed E-state index contributed by atoms with van der Waals surface area (Å²) in [7, 11) is 0. The third-order valence-corrected chi connectivity index (χ3v) is 2.54. The molecule has 1 unspecified atom stereocenters. The Labute approximate surface area is 124 Å². The molecule has 0 aliphatic heterocycles. The van der Waals surface area contributed by atoms with E-state index < -0.39 is 23.6 Å².